The van der Waals surface area contributed by atoms with Crippen molar-refractivity contribution in [3.05, 3.63) is 41.0 Å². The number of aryl methyl sites for hydroxylation is 2. The highest BCUT2D eigenvalue weighted by Crippen LogP contribution is 2.24. The summed E-state index contributed by atoms with van der Waals surface area (Å²) in [6, 6.07) is 3.63. The maximum Gasteiger partial charge on any atom is 0.256 e. The van der Waals surface area contributed by atoms with Crippen LogP contribution in [0.25, 0.3) is 0 Å². The molecule has 0 spiro atoms. The minimum absolute atomic E-state index is 0.00494. The van der Waals surface area contributed by atoms with Crippen molar-refractivity contribution in [1.29, 1.82) is 0 Å². The lowest BCUT2D eigenvalue weighted by atomic mass is 10.2. The summed E-state index contributed by atoms with van der Waals surface area (Å²) in [5, 5.41) is 12.2. The number of rotatable bonds is 4. The van der Waals surface area contributed by atoms with Crippen LogP contribution in [0.3, 0.4) is 0 Å². The van der Waals surface area contributed by atoms with Gasteiger partial charge in [-0.15, -0.1) is 0 Å². The summed E-state index contributed by atoms with van der Waals surface area (Å²) in [6.07, 6.45) is 1.62. The van der Waals surface area contributed by atoms with Crippen molar-refractivity contribution in [1.82, 2.24) is 9.97 Å². The summed E-state index contributed by atoms with van der Waals surface area (Å²) in [6.45, 7) is 3.79. The summed E-state index contributed by atoms with van der Waals surface area (Å²) in [5.41, 5.74) is 7.83. The van der Waals surface area contributed by atoms with Crippen molar-refractivity contribution in [2.75, 3.05) is 0 Å². The average molecular weight is 278 g/mol. The van der Waals surface area contributed by atoms with Gasteiger partial charge in [-0.2, -0.15) is 0 Å². The second-order valence-corrected chi connectivity index (χ2v) is 4.87. The molecule has 19 heavy (non-hydrogen) atoms. The fourth-order valence-corrected chi connectivity index (χ4v) is 2.26. The number of nitrogens with zero attached hydrogens (tertiary/aromatic N) is 3. The van der Waals surface area contributed by atoms with E-state index < -0.39 is 0 Å². The van der Waals surface area contributed by atoms with Gasteiger partial charge in [0.25, 0.3) is 5.22 Å². The van der Waals surface area contributed by atoms with Gasteiger partial charge < -0.3 is 15.4 Å². The van der Waals surface area contributed by atoms with E-state index in [1.54, 1.807) is 12.3 Å². The summed E-state index contributed by atoms with van der Waals surface area (Å²) in [7, 11) is 0. The second kappa shape index (κ2) is 5.75. The monoisotopic (exact) mass is 278 g/mol. The second-order valence-electron chi connectivity index (χ2n) is 3.94. The van der Waals surface area contributed by atoms with Crippen molar-refractivity contribution >= 4 is 17.6 Å². The van der Waals surface area contributed by atoms with Crippen LogP contribution in [0, 0.1) is 13.8 Å². The fourth-order valence-electron chi connectivity index (χ4n) is 1.41. The van der Waals surface area contributed by atoms with Crippen molar-refractivity contribution in [3.63, 3.8) is 0 Å². The zero-order chi connectivity index (χ0) is 13.8. The lowest BCUT2D eigenvalue weighted by Gasteiger charge is -2.01. The third kappa shape index (κ3) is 3.25. The summed E-state index contributed by atoms with van der Waals surface area (Å²) >= 11 is 1.49. The van der Waals surface area contributed by atoms with E-state index in [1.165, 1.54) is 11.8 Å². The molecule has 0 saturated heterocycles. The molecule has 2 rings (SSSR count). The first-order valence-corrected chi connectivity index (χ1v) is 6.58. The van der Waals surface area contributed by atoms with Gasteiger partial charge in [0.05, 0.1) is 5.69 Å². The smallest absolute Gasteiger partial charge is 0.256 e. The third-order valence-electron chi connectivity index (χ3n) is 2.57. The molecule has 0 fully saturated rings. The molecule has 3 N–H and O–H groups in total. The molecule has 0 aliphatic carbocycles. The topological polar surface area (TPSA) is 97.5 Å². The Balaban J connectivity index is 2.07. The Morgan fingerprint density at radius 3 is 2.95 bits per heavy atom. The van der Waals surface area contributed by atoms with Crippen LogP contribution >= 0.6 is 11.8 Å². The molecule has 7 heteroatoms. The van der Waals surface area contributed by atoms with Gasteiger partial charge in [0.2, 0.25) is 0 Å². The summed E-state index contributed by atoms with van der Waals surface area (Å²) in [4.78, 5) is 8.31. The molecule has 0 aliphatic rings. The molecule has 6 nitrogen and oxygen atoms in total. The van der Waals surface area contributed by atoms with Crippen LogP contribution < -0.4 is 5.73 Å². The molecule has 0 radical (unpaired) electrons. The van der Waals surface area contributed by atoms with Crippen molar-refractivity contribution in [3.8, 4) is 0 Å². The van der Waals surface area contributed by atoms with Gasteiger partial charge in [0, 0.05) is 11.9 Å². The highest BCUT2D eigenvalue weighted by molar-refractivity contribution is 7.98. The van der Waals surface area contributed by atoms with Crippen LogP contribution in [0.1, 0.15) is 22.7 Å². The van der Waals surface area contributed by atoms with Crippen molar-refractivity contribution in [2.45, 2.75) is 24.8 Å². The van der Waals surface area contributed by atoms with Crippen LogP contribution in [0.2, 0.25) is 0 Å². The zero-order valence-corrected chi connectivity index (χ0v) is 11.4. The van der Waals surface area contributed by atoms with Gasteiger partial charge in [-0.3, -0.25) is 4.98 Å². The lowest BCUT2D eigenvalue weighted by Crippen LogP contribution is -2.15. The summed E-state index contributed by atoms with van der Waals surface area (Å²) < 4.78 is 5.48. The van der Waals surface area contributed by atoms with E-state index in [0.717, 1.165) is 17.0 Å². The Bertz CT molecular complexity index is 590. The first kappa shape index (κ1) is 13.4. The Labute approximate surface area is 114 Å². The number of nitrogens with two attached hydrogens (primary N) is 1. The molecule has 0 atom stereocenters. The lowest BCUT2D eigenvalue weighted by molar-refractivity contribution is 0.318. The van der Waals surface area contributed by atoms with E-state index >= 15 is 0 Å². The number of amidine groups is 1. The van der Waals surface area contributed by atoms with Crippen LogP contribution in [0.15, 0.2) is 33.1 Å². The first-order valence-electron chi connectivity index (χ1n) is 5.60. The highest BCUT2D eigenvalue weighted by atomic mass is 32.2. The van der Waals surface area contributed by atoms with Gasteiger partial charge in [0.15, 0.2) is 5.84 Å². The van der Waals surface area contributed by atoms with Crippen molar-refractivity contribution in [2.24, 2.45) is 10.9 Å². The fraction of sp³-hybridized carbons (Fsp3) is 0.250. The quantitative estimate of drug-likeness (QED) is 0.292. The molecule has 2 aromatic rings. The molecule has 2 aromatic heterocycles. The molecule has 0 aromatic carbocycles. The third-order valence-corrected chi connectivity index (χ3v) is 3.46. The number of thioether (sulfide) groups is 1. The van der Waals surface area contributed by atoms with E-state index in [1.807, 2.05) is 19.9 Å². The van der Waals surface area contributed by atoms with Gasteiger partial charge in [0.1, 0.15) is 11.5 Å². The predicted octanol–water partition coefficient (Wildman–Crippen LogP) is 2.07. The molecular weight excluding hydrogens is 264 g/mol. The van der Waals surface area contributed by atoms with E-state index in [0.29, 0.717) is 16.7 Å². The van der Waals surface area contributed by atoms with Crippen LogP contribution in [0.5, 0.6) is 0 Å². The first-order chi connectivity index (χ1) is 9.10. The largest absolute Gasteiger partial charge is 0.437 e. The Hall–Kier alpha value is -2.02. The molecule has 0 amide bonds. The SMILES string of the molecule is Cc1nc(SCc2ccnc(/C(N)=N/O)c2)oc1C. The number of oxazole rings is 1. The van der Waals surface area contributed by atoms with Gasteiger partial charge >= 0.3 is 0 Å². The van der Waals surface area contributed by atoms with Gasteiger partial charge in [-0.25, -0.2) is 4.98 Å². The molecule has 0 aliphatic heterocycles. The number of aromatic nitrogens is 2. The molecule has 0 saturated carbocycles. The van der Waals surface area contributed by atoms with E-state index in [-0.39, 0.29) is 5.84 Å². The van der Waals surface area contributed by atoms with Crippen LogP contribution in [-0.4, -0.2) is 21.0 Å². The number of hydrogen-bond acceptors (Lipinski definition) is 6. The van der Waals surface area contributed by atoms with Crippen molar-refractivity contribution < 1.29 is 9.62 Å². The Morgan fingerprint density at radius 2 is 2.32 bits per heavy atom. The number of pyridine rings is 1. The predicted molar refractivity (Wildman–Crippen MR) is 72.3 cm³/mol. The average Bonchev–Trinajstić information content (AvgIpc) is 2.75. The molecule has 0 bridgehead atoms. The zero-order valence-electron chi connectivity index (χ0n) is 10.6. The van der Waals surface area contributed by atoms with Gasteiger partial charge in [-0.05, 0) is 31.5 Å². The van der Waals surface area contributed by atoms with E-state index in [2.05, 4.69) is 15.1 Å². The molecule has 2 heterocycles. The molecular formula is C12H14N4O2S. The maximum absolute atomic E-state index is 8.61. The van der Waals surface area contributed by atoms with E-state index in [4.69, 9.17) is 15.4 Å². The number of hydrogen-bond donors (Lipinski definition) is 2. The Kier molecular flexibility index (Phi) is 4.06. The normalized spacial score (nSPS) is 11.8. The minimum atomic E-state index is -0.00494. The van der Waals surface area contributed by atoms with Crippen LogP contribution in [0.4, 0.5) is 0 Å². The van der Waals surface area contributed by atoms with E-state index in [9.17, 15) is 0 Å². The standard InChI is InChI=1S/C12H14N4O2S/c1-7-8(2)18-12(15-7)19-6-9-3-4-14-10(5-9)11(13)16-17/h3-5,17H,6H2,1-2H3,(H2,13,16). The van der Waals surface area contributed by atoms with Crippen LogP contribution in [-0.2, 0) is 5.75 Å². The Morgan fingerprint density at radius 1 is 1.53 bits per heavy atom. The summed E-state index contributed by atoms with van der Waals surface area (Å²) in [5.74, 6) is 1.50. The molecule has 100 valence electrons. The minimum Gasteiger partial charge on any atom is -0.437 e. The van der Waals surface area contributed by atoms with Gasteiger partial charge in [-0.1, -0.05) is 16.9 Å². The maximum atomic E-state index is 8.61. The molecule has 0 unspecified atom stereocenters. The number of oxime groups is 1. The highest BCUT2D eigenvalue weighted by Gasteiger charge is 2.07.